The van der Waals surface area contributed by atoms with Gasteiger partial charge in [0.05, 0.1) is 17.8 Å². The fourth-order valence-electron chi connectivity index (χ4n) is 1.77. The van der Waals surface area contributed by atoms with Gasteiger partial charge in [0.15, 0.2) is 5.82 Å². The van der Waals surface area contributed by atoms with Crippen LogP contribution in [0.25, 0.3) is 0 Å². The highest BCUT2D eigenvalue weighted by Crippen LogP contribution is 2.22. The smallest absolute Gasteiger partial charge is 0.338 e. The molecule has 1 aliphatic heterocycles. The molecular formula is C11H11FN2O3. The van der Waals surface area contributed by atoms with Crippen molar-refractivity contribution in [2.45, 2.75) is 0 Å². The number of carboxylic acids is 1. The van der Waals surface area contributed by atoms with Gasteiger partial charge in [0.1, 0.15) is 0 Å². The molecule has 5 nitrogen and oxygen atoms in total. The van der Waals surface area contributed by atoms with Crippen molar-refractivity contribution in [1.29, 1.82) is 0 Å². The highest BCUT2D eigenvalue weighted by Gasteiger charge is 2.22. The minimum absolute atomic E-state index is 0.0417. The number of carboxylic acid groups (broad SMARTS) is 1. The molecular weight excluding hydrogens is 227 g/mol. The Kier molecular flexibility index (Phi) is 2.95. The highest BCUT2D eigenvalue weighted by molar-refractivity contribution is 5.90. The molecule has 1 aromatic rings. The molecule has 0 bridgehead atoms. The van der Waals surface area contributed by atoms with Crippen LogP contribution >= 0.6 is 0 Å². The van der Waals surface area contributed by atoms with E-state index in [1.165, 1.54) is 23.1 Å². The van der Waals surface area contributed by atoms with Gasteiger partial charge in [-0.05, 0) is 12.1 Å². The van der Waals surface area contributed by atoms with Crippen LogP contribution in [0.4, 0.5) is 10.1 Å². The molecule has 0 unspecified atom stereocenters. The normalized spacial score (nSPS) is 15.6. The van der Waals surface area contributed by atoms with Crippen molar-refractivity contribution in [1.82, 2.24) is 5.32 Å². The molecule has 1 heterocycles. The first-order valence-corrected chi connectivity index (χ1v) is 5.13. The van der Waals surface area contributed by atoms with Crippen LogP contribution in [-0.2, 0) is 4.79 Å². The lowest BCUT2D eigenvalue weighted by molar-refractivity contribution is -0.120. The van der Waals surface area contributed by atoms with Gasteiger partial charge < -0.3 is 15.3 Å². The van der Waals surface area contributed by atoms with E-state index in [0.29, 0.717) is 13.1 Å². The van der Waals surface area contributed by atoms with Gasteiger partial charge >= 0.3 is 5.97 Å². The maximum absolute atomic E-state index is 13.9. The predicted octanol–water partition coefficient (Wildman–Crippen LogP) is 0.460. The summed E-state index contributed by atoms with van der Waals surface area (Å²) in [7, 11) is 0. The van der Waals surface area contributed by atoms with Crippen LogP contribution in [0.1, 0.15) is 10.4 Å². The third kappa shape index (κ3) is 2.20. The van der Waals surface area contributed by atoms with Gasteiger partial charge in [0.25, 0.3) is 0 Å². The number of carbonyl (C=O) groups is 2. The van der Waals surface area contributed by atoms with E-state index in [1.807, 2.05) is 0 Å². The molecule has 17 heavy (non-hydrogen) atoms. The van der Waals surface area contributed by atoms with Crippen molar-refractivity contribution >= 4 is 17.6 Å². The van der Waals surface area contributed by atoms with Gasteiger partial charge in [-0.15, -0.1) is 0 Å². The lowest BCUT2D eigenvalue weighted by Crippen LogP contribution is -2.48. The van der Waals surface area contributed by atoms with Crippen LogP contribution in [0.15, 0.2) is 18.2 Å². The number of hydrogen-bond acceptors (Lipinski definition) is 3. The molecule has 1 saturated heterocycles. The Hall–Kier alpha value is -2.11. The zero-order chi connectivity index (χ0) is 12.4. The number of halogens is 1. The van der Waals surface area contributed by atoms with Gasteiger partial charge in [-0.2, -0.15) is 0 Å². The summed E-state index contributed by atoms with van der Waals surface area (Å²) in [5.41, 5.74) is -0.228. The molecule has 0 atom stereocenters. The Balaban J connectivity index is 2.35. The van der Waals surface area contributed by atoms with Gasteiger partial charge in [0, 0.05) is 13.1 Å². The second kappa shape index (κ2) is 4.40. The minimum Gasteiger partial charge on any atom is -0.478 e. The molecule has 1 aromatic carbocycles. The van der Waals surface area contributed by atoms with Crippen molar-refractivity contribution in [3.63, 3.8) is 0 Å². The number of amides is 1. The van der Waals surface area contributed by atoms with E-state index < -0.39 is 11.8 Å². The number of anilines is 1. The summed E-state index contributed by atoms with van der Waals surface area (Å²) < 4.78 is 13.9. The molecule has 90 valence electrons. The van der Waals surface area contributed by atoms with Crippen LogP contribution in [0, 0.1) is 5.82 Å². The molecule has 0 aromatic heterocycles. The van der Waals surface area contributed by atoms with Crippen molar-refractivity contribution in [3.05, 3.63) is 29.6 Å². The molecule has 2 rings (SSSR count). The minimum atomic E-state index is -1.31. The van der Waals surface area contributed by atoms with Gasteiger partial charge in [-0.3, -0.25) is 4.79 Å². The molecule has 2 N–H and O–H groups in total. The van der Waals surface area contributed by atoms with Crippen LogP contribution < -0.4 is 10.2 Å². The first-order chi connectivity index (χ1) is 8.09. The topological polar surface area (TPSA) is 69.6 Å². The van der Waals surface area contributed by atoms with Crippen molar-refractivity contribution in [3.8, 4) is 0 Å². The van der Waals surface area contributed by atoms with Crippen molar-refractivity contribution < 1.29 is 19.1 Å². The molecule has 1 amide bonds. The molecule has 0 aliphatic carbocycles. The summed E-state index contributed by atoms with van der Waals surface area (Å²) in [6, 6.07) is 4.14. The third-order valence-electron chi connectivity index (χ3n) is 2.59. The Bertz CT molecular complexity index is 476. The molecule has 0 radical (unpaired) electrons. The van der Waals surface area contributed by atoms with Crippen LogP contribution in [0.3, 0.4) is 0 Å². The van der Waals surface area contributed by atoms with E-state index >= 15 is 0 Å². The Morgan fingerprint density at radius 1 is 1.47 bits per heavy atom. The van der Waals surface area contributed by atoms with Gasteiger partial charge in [-0.25, -0.2) is 9.18 Å². The summed E-state index contributed by atoms with van der Waals surface area (Å²) in [5.74, 6) is -2.31. The van der Waals surface area contributed by atoms with Gasteiger partial charge in [-0.1, -0.05) is 6.07 Å². The number of rotatable bonds is 2. The standard InChI is InChI=1S/C11H11FN2O3/c12-10-7(11(16)17)2-1-3-8(10)14-5-4-13-9(15)6-14/h1-3H,4-6H2,(H,13,15)(H,16,17). The lowest BCUT2D eigenvalue weighted by atomic mass is 10.1. The Labute approximate surface area is 96.8 Å². The number of nitrogens with one attached hydrogen (secondary N) is 1. The molecule has 1 aliphatic rings. The highest BCUT2D eigenvalue weighted by atomic mass is 19.1. The fraction of sp³-hybridized carbons (Fsp3) is 0.273. The first kappa shape index (κ1) is 11.4. The van der Waals surface area contributed by atoms with Crippen molar-refractivity contribution in [2.75, 3.05) is 24.5 Å². The van der Waals surface area contributed by atoms with E-state index in [-0.39, 0.29) is 23.7 Å². The summed E-state index contributed by atoms with van der Waals surface area (Å²) in [6.45, 7) is 0.932. The average molecular weight is 238 g/mol. The van der Waals surface area contributed by atoms with Crippen molar-refractivity contribution in [2.24, 2.45) is 0 Å². The lowest BCUT2D eigenvalue weighted by Gasteiger charge is -2.29. The van der Waals surface area contributed by atoms with Gasteiger partial charge in [0.2, 0.25) is 5.91 Å². The van der Waals surface area contributed by atoms with E-state index in [0.717, 1.165) is 0 Å². The maximum atomic E-state index is 13.9. The molecule has 1 fully saturated rings. The van der Waals surface area contributed by atoms with E-state index in [4.69, 9.17) is 5.11 Å². The van der Waals surface area contributed by atoms with E-state index in [1.54, 1.807) is 0 Å². The van der Waals surface area contributed by atoms with Crippen LogP contribution in [0.2, 0.25) is 0 Å². The number of hydrogen-bond donors (Lipinski definition) is 2. The quantitative estimate of drug-likeness (QED) is 0.785. The summed E-state index contributed by atoms with van der Waals surface area (Å²) in [6.07, 6.45) is 0. The first-order valence-electron chi connectivity index (χ1n) is 5.13. The largest absolute Gasteiger partial charge is 0.478 e. The average Bonchev–Trinajstić information content (AvgIpc) is 2.29. The molecule has 6 heteroatoms. The Morgan fingerprint density at radius 2 is 2.24 bits per heavy atom. The maximum Gasteiger partial charge on any atom is 0.338 e. The summed E-state index contributed by atoms with van der Waals surface area (Å²) in [5, 5.41) is 11.4. The number of nitrogens with zero attached hydrogens (tertiary/aromatic N) is 1. The number of piperazine rings is 1. The fourth-order valence-corrected chi connectivity index (χ4v) is 1.77. The monoisotopic (exact) mass is 238 g/mol. The number of benzene rings is 1. The number of aromatic carboxylic acids is 1. The number of carbonyl (C=O) groups excluding carboxylic acids is 1. The summed E-state index contributed by atoms with van der Waals surface area (Å²) in [4.78, 5) is 23.5. The second-order valence-corrected chi connectivity index (χ2v) is 3.72. The zero-order valence-electron chi connectivity index (χ0n) is 8.94. The molecule has 0 spiro atoms. The predicted molar refractivity (Wildman–Crippen MR) is 58.6 cm³/mol. The Morgan fingerprint density at radius 3 is 2.88 bits per heavy atom. The van der Waals surface area contributed by atoms with Crippen LogP contribution in [0.5, 0.6) is 0 Å². The zero-order valence-corrected chi connectivity index (χ0v) is 8.94. The van der Waals surface area contributed by atoms with Crippen LogP contribution in [-0.4, -0.2) is 36.6 Å². The molecule has 0 saturated carbocycles. The third-order valence-corrected chi connectivity index (χ3v) is 2.59. The van der Waals surface area contributed by atoms with E-state index in [9.17, 15) is 14.0 Å². The summed E-state index contributed by atoms with van der Waals surface area (Å²) >= 11 is 0. The van der Waals surface area contributed by atoms with E-state index in [2.05, 4.69) is 5.32 Å². The second-order valence-electron chi connectivity index (χ2n) is 3.72. The SMILES string of the molecule is O=C1CN(c2cccc(C(=O)O)c2F)CCN1.